The zero-order valence-electron chi connectivity index (χ0n) is 9.41. The van der Waals surface area contributed by atoms with Crippen LogP contribution in [0.4, 0.5) is 0 Å². The third-order valence-electron chi connectivity index (χ3n) is 2.51. The summed E-state index contributed by atoms with van der Waals surface area (Å²) in [7, 11) is 1.59. The van der Waals surface area contributed by atoms with E-state index in [9.17, 15) is 4.79 Å². The Kier molecular flexibility index (Phi) is 2.99. The number of carbonyl (C=O) groups is 1. The molecule has 0 saturated heterocycles. The van der Waals surface area contributed by atoms with Crippen molar-refractivity contribution in [2.75, 3.05) is 20.3 Å². The Morgan fingerprint density at radius 2 is 2.31 bits per heavy atom. The Balaban J connectivity index is 2.38. The Hall–Kier alpha value is -1.71. The van der Waals surface area contributed by atoms with Crippen LogP contribution in [-0.4, -0.2) is 26.3 Å². The SMILES string of the molecule is CCOC(=O)c1cc(OC)c2c(c1)OCC2. The molecule has 1 aromatic carbocycles. The molecular weight excluding hydrogens is 208 g/mol. The first kappa shape index (κ1) is 10.8. The van der Waals surface area contributed by atoms with E-state index in [0.717, 1.165) is 17.7 Å². The van der Waals surface area contributed by atoms with Crippen LogP contribution in [0.15, 0.2) is 12.1 Å². The molecule has 0 unspecified atom stereocenters. The Labute approximate surface area is 94.1 Å². The summed E-state index contributed by atoms with van der Waals surface area (Å²) >= 11 is 0. The van der Waals surface area contributed by atoms with Gasteiger partial charge in [-0.25, -0.2) is 4.79 Å². The van der Waals surface area contributed by atoms with Crippen LogP contribution in [0.2, 0.25) is 0 Å². The van der Waals surface area contributed by atoms with Gasteiger partial charge < -0.3 is 14.2 Å². The molecule has 4 nitrogen and oxygen atoms in total. The summed E-state index contributed by atoms with van der Waals surface area (Å²) in [6.07, 6.45) is 0.821. The van der Waals surface area contributed by atoms with Crippen molar-refractivity contribution in [1.82, 2.24) is 0 Å². The van der Waals surface area contributed by atoms with Crippen molar-refractivity contribution in [2.45, 2.75) is 13.3 Å². The van der Waals surface area contributed by atoms with Gasteiger partial charge in [-0.2, -0.15) is 0 Å². The topological polar surface area (TPSA) is 44.8 Å². The summed E-state index contributed by atoms with van der Waals surface area (Å²) in [5, 5.41) is 0. The van der Waals surface area contributed by atoms with Crippen molar-refractivity contribution in [3.63, 3.8) is 0 Å². The van der Waals surface area contributed by atoms with E-state index in [0.29, 0.717) is 24.5 Å². The summed E-state index contributed by atoms with van der Waals surface area (Å²) in [6, 6.07) is 3.41. The van der Waals surface area contributed by atoms with Crippen LogP contribution in [0.25, 0.3) is 0 Å². The van der Waals surface area contributed by atoms with Crippen LogP contribution in [0.1, 0.15) is 22.8 Å². The van der Waals surface area contributed by atoms with Crippen molar-refractivity contribution < 1.29 is 19.0 Å². The quantitative estimate of drug-likeness (QED) is 0.731. The van der Waals surface area contributed by atoms with Crippen LogP contribution in [0.5, 0.6) is 11.5 Å². The highest BCUT2D eigenvalue weighted by Gasteiger charge is 2.21. The average Bonchev–Trinajstić information content (AvgIpc) is 2.75. The van der Waals surface area contributed by atoms with Crippen LogP contribution < -0.4 is 9.47 Å². The summed E-state index contributed by atoms with van der Waals surface area (Å²) in [5.41, 5.74) is 1.50. The van der Waals surface area contributed by atoms with Gasteiger partial charge in [-0.05, 0) is 19.1 Å². The van der Waals surface area contributed by atoms with Crippen LogP contribution >= 0.6 is 0 Å². The Morgan fingerprint density at radius 1 is 1.50 bits per heavy atom. The average molecular weight is 222 g/mol. The number of rotatable bonds is 3. The molecular formula is C12H14O4. The number of methoxy groups -OCH3 is 1. The molecule has 0 atom stereocenters. The predicted molar refractivity (Wildman–Crippen MR) is 58.1 cm³/mol. The first-order valence-electron chi connectivity index (χ1n) is 5.27. The van der Waals surface area contributed by atoms with Gasteiger partial charge >= 0.3 is 5.97 Å². The van der Waals surface area contributed by atoms with E-state index >= 15 is 0 Å². The lowest BCUT2D eigenvalue weighted by atomic mass is 10.1. The van der Waals surface area contributed by atoms with E-state index in [1.165, 1.54) is 0 Å². The van der Waals surface area contributed by atoms with E-state index in [-0.39, 0.29) is 5.97 Å². The predicted octanol–water partition coefficient (Wildman–Crippen LogP) is 1.81. The second-order valence-corrected chi connectivity index (χ2v) is 3.47. The number of hydrogen-bond donors (Lipinski definition) is 0. The van der Waals surface area contributed by atoms with Gasteiger partial charge in [0.2, 0.25) is 0 Å². The maximum absolute atomic E-state index is 11.6. The first-order chi connectivity index (χ1) is 7.76. The van der Waals surface area contributed by atoms with Crippen LogP contribution in [-0.2, 0) is 11.2 Å². The highest BCUT2D eigenvalue weighted by atomic mass is 16.5. The van der Waals surface area contributed by atoms with E-state index in [1.54, 1.807) is 26.2 Å². The summed E-state index contributed by atoms with van der Waals surface area (Å²) in [5.74, 6) is 1.07. The molecule has 0 bridgehead atoms. The Morgan fingerprint density at radius 3 is 3.00 bits per heavy atom. The second-order valence-electron chi connectivity index (χ2n) is 3.47. The summed E-state index contributed by atoms with van der Waals surface area (Å²) in [4.78, 5) is 11.6. The van der Waals surface area contributed by atoms with Gasteiger partial charge in [0, 0.05) is 12.0 Å². The van der Waals surface area contributed by atoms with Gasteiger partial charge in [-0.15, -0.1) is 0 Å². The van der Waals surface area contributed by atoms with Gasteiger partial charge in [-0.1, -0.05) is 0 Å². The molecule has 16 heavy (non-hydrogen) atoms. The molecule has 2 rings (SSSR count). The lowest BCUT2D eigenvalue weighted by molar-refractivity contribution is 0.0525. The van der Waals surface area contributed by atoms with Crippen LogP contribution in [0, 0.1) is 0 Å². The minimum atomic E-state index is -0.348. The molecule has 0 spiro atoms. The largest absolute Gasteiger partial charge is 0.496 e. The first-order valence-corrected chi connectivity index (χ1v) is 5.27. The minimum Gasteiger partial charge on any atom is -0.496 e. The molecule has 1 aromatic rings. The zero-order chi connectivity index (χ0) is 11.5. The third kappa shape index (κ3) is 1.83. The number of ether oxygens (including phenoxy) is 3. The molecule has 1 aliphatic heterocycles. The summed E-state index contributed by atoms with van der Waals surface area (Å²) in [6.45, 7) is 2.77. The monoisotopic (exact) mass is 222 g/mol. The van der Waals surface area contributed by atoms with Crippen molar-refractivity contribution in [3.8, 4) is 11.5 Å². The van der Waals surface area contributed by atoms with Crippen LogP contribution in [0.3, 0.4) is 0 Å². The fraction of sp³-hybridized carbons (Fsp3) is 0.417. The molecule has 0 saturated carbocycles. The molecule has 86 valence electrons. The van der Waals surface area contributed by atoms with Gasteiger partial charge in [0.15, 0.2) is 0 Å². The third-order valence-corrected chi connectivity index (χ3v) is 2.51. The number of benzene rings is 1. The minimum absolute atomic E-state index is 0.348. The van der Waals surface area contributed by atoms with Crippen molar-refractivity contribution in [2.24, 2.45) is 0 Å². The highest BCUT2D eigenvalue weighted by Crippen LogP contribution is 2.35. The number of hydrogen-bond acceptors (Lipinski definition) is 4. The van der Waals surface area contributed by atoms with E-state index < -0.39 is 0 Å². The van der Waals surface area contributed by atoms with E-state index in [1.807, 2.05) is 0 Å². The second kappa shape index (κ2) is 4.43. The molecule has 1 heterocycles. The Bertz CT molecular complexity index is 412. The molecule has 4 heteroatoms. The fourth-order valence-electron chi connectivity index (χ4n) is 1.77. The van der Waals surface area contributed by atoms with Gasteiger partial charge in [0.05, 0.1) is 25.9 Å². The number of carbonyl (C=O) groups excluding carboxylic acids is 1. The smallest absolute Gasteiger partial charge is 0.338 e. The molecule has 0 N–H and O–H groups in total. The van der Waals surface area contributed by atoms with Gasteiger partial charge in [0.1, 0.15) is 11.5 Å². The van der Waals surface area contributed by atoms with Crippen molar-refractivity contribution in [1.29, 1.82) is 0 Å². The lowest BCUT2D eigenvalue weighted by Crippen LogP contribution is -2.05. The van der Waals surface area contributed by atoms with Crippen molar-refractivity contribution in [3.05, 3.63) is 23.3 Å². The van der Waals surface area contributed by atoms with E-state index in [2.05, 4.69) is 0 Å². The highest BCUT2D eigenvalue weighted by molar-refractivity contribution is 5.90. The molecule has 0 fully saturated rings. The molecule has 0 aliphatic carbocycles. The van der Waals surface area contributed by atoms with Crippen molar-refractivity contribution >= 4 is 5.97 Å². The van der Waals surface area contributed by atoms with Gasteiger partial charge in [0.25, 0.3) is 0 Å². The number of esters is 1. The molecule has 1 aliphatic rings. The lowest BCUT2D eigenvalue weighted by Gasteiger charge is -2.08. The normalized spacial score (nSPS) is 12.9. The standard InChI is InChI=1S/C12H14O4/c1-3-15-12(13)8-6-10(14-2)9-4-5-16-11(9)7-8/h6-7H,3-5H2,1-2H3. The molecule has 0 aromatic heterocycles. The molecule has 0 radical (unpaired) electrons. The van der Waals surface area contributed by atoms with E-state index in [4.69, 9.17) is 14.2 Å². The molecule has 0 amide bonds. The maximum atomic E-state index is 11.6. The number of fused-ring (bicyclic) bond motifs is 1. The maximum Gasteiger partial charge on any atom is 0.338 e. The van der Waals surface area contributed by atoms with Gasteiger partial charge in [-0.3, -0.25) is 0 Å². The zero-order valence-corrected chi connectivity index (χ0v) is 9.41. The fourth-order valence-corrected chi connectivity index (χ4v) is 1.77. The summed E-state index contributed by atoms with van der Waals surface area (Å²) < 4.78 is 15.6.